The van der Waals surface area contributed by atoms with Gasteiger partial charge in [-0.05, 0) is 45.7 Å². The number of carbonyl (C=O) groups excluding carboxylic acids is 1. The highest BCUT2D eigenvalue weighted by atomic mass is 16.5. The van der Waals surface area contributed by atoms with Gasteiger partial charge in [0.15, 0.2) is 0 Å². The first-order chi connectivity index (χ1) is 13.6. The van der Waals surface area contributed by atoms with E-state index in [1.54, 1.807) is 0 Å². The summed E-state index contributed by atoms with van der Waals surface area (Å²) in [5.74, 6) is 0.447. The predicted octanol–water partition coefficient (Wildman–Crippen LogP) is 2.00. The van der Waals surface area contributed by atoms with Crippen molar-refractivity contribution in [1.29, 1.82) is 0 Å². The van der Waals surface area contributed by atoms with E-state index in [1.807, 2.05) is 24.0 Å². The van der Waals surface area contributed by atoms with Crippen LogP contribution in [0.4, 0.5) is 0 Å². The van der Waals surface area contributed by atoms with Gasteiger partial charge in [0.05, 0.1) is 24.5 Å². The zero-order valence-corrected chi connectivity index (χ0v) is 16.7. The first-order valence-electron chi connectivity index (χ1n) is 10.1. The van der Waals surface area contributed by atoms with Gasteiger partial charge in [-0.15, -0.1) is 0 Å². The quantitative estimate of drug-likeness (QED) is 0.845. The van der Waals surface area contributed by atoms with Crippen LogP contribution in [0, 0.1) is 6.92 Å². The Balaban J connectivity index is 1.29. The zero-order chi connectivity index (χ0) is 19.5. The maximum Gasteiger partial charge on any atom is 0.290 e. The number of ether oxygens (including phenoxy) is 1. The molecule has 2 aromatic heterocycles. The van der Waals surface area contributed by atoms with Crippen LogP contribution in [0.5, 0.6) is 0 Å². The molecule has 1 N–H and O–H groups in total. The molecule has 2 aliphatic heterocycles. The summed E-state index contributed by atoms with van der Waals surface area (Å²) in [7, 11) is 1.98. The second-order valence-electron chi connectivity index (χ2n) is 7.93. The lowest BCUT2D eigenvalue weighted by Gasteiger charge is -2.30. The van der Waals surface area contributed by atoms with Crippen molar-refractivity contribution >= 4 is 5.91 Å². The van der Waals surface area contributed by atoms with E-state index in [9.17, 15) is 4.79 Å². The van der Waals surface area contributed by atoms with E-state index < -0.39 is 0 Å². The number of hydrogen-bond acceptors (Lipinski definition) is 6. The van der Waals surface area contributed by atoms with Crippen LogP contribution in [0.3, 0.4) is 0 Å². The zero-order valence-electron chi connectivity index (χ0n) is 16.7. The molecule has 4 heterocycles. The lowest BCUT2D eigenvalue weighted by atomic mass is 9.93. The third-order valence-electron chi connectivity index (χ3n) is 5.98. The minimum atomic E-state index is -0.196. The summed E-state index contributed by atoms with van der Waals surface area (Å²) in [6.07, 6.45) is 5.92. The summed E-state index contributed by atoms with van der Waals surface area (Å²) >= 11 is 0. The molecule has 2 aromatic rings. The lowest BCUT2D eigenvalue weighted by Crippen LogP contribution is -2.40. The van der Waals surface area contributed by atoms with Crippen molar-refractivity contribution in [1.82, 2.24) is 25.2 Å². The SMILES string of the molecule is Cc1c(CN2CCC(c3cc(C(=O)NC4CCCOC4)on3)CC2)cnn1C. The molecule has 0 spiro atoms. The molecule has 1 unspecified atom stereocenters. The first-order valence-corrected chi connectivity index (χ1v) is 10.1. The Morgan fingerprint density at radius 2 is 2.14 bits per heavy atom. The Morgan fingerprint density at radius 1 is 1.32 bits per heavy atom. The van der Waals surface area contributed by atoms with Crippen molar-refractivity contribution in [2.24, 2.45) is 7.05 Å². The molecule has 1 atom stereocenters. The van der Waals surface area contributed by atoms with Crippen LogP contribution in [0.15, 0.2) is 16.8 Å². The lowest BCUT2D eigenvalue weighted by molar-refractivity contribution is 0.0608. The van der Waals surface area contributed by atoms with Gasteiger partial charge < -0.3 is 14.6 Å². The van der Waals surface area contributed by atoms with E-state index >= 15 is 0 Å². The third-order valence-corrected chi connectivity index (χ3v) is 5.98. The van der Waals surface area contributed by atoms with Crippen molar-refractivity contribution in [3.63, 3.8) is 0 Å². The molecule has 4 rings (SSSR count). The standard InChI is InChI=1S/C20H29N5O3/c1-14-16(11-21-24(14)2)12-25-7-5-15(6-8-25)18-10-19(28-23-18)20(26)22-17-4-3-9-27-13-17/h10-11,15,17H,3-9,12-13H2,1-2H3,(H,22,26). The van der Waals surface area contributed by atoms with Crippen molar-refractivity contribution in [3.8, 4) is 0 Å². The number of aromatic nitrogens is 3. The van der Waals surface area contributed by atoms with Crippen LogP contribution in [0.2, 0.25) is 0 Å². The summed E-state index contributed by atoms with van der Waals surface area (Å²) in [5, 5.41) is 11.5. The molecular weight excluding hydrogens is 358 g/mol. The number of rotatable bonds is 5. The Hall–Kier alpha value is -2.19. The maximum atomic E-state index is 12.4. The van der Waals surface area contributed by atoms with E-state index in [0.717, 1.165) is 57.6 Å². The van der Waals surface area contributed by atoms with Crippen LogP contribution in [0.1, 0.15) is 59.1 Å². The average molecular weight is 387 g/mol. The molecule has 8 heteroatoms. The molecule has 1 amide bonds. The summed E-state index contributed by atoms with van der Waals surface area (Å²) in [6, 6.07) is 1.87. The molecule has 2 saturated heterocycles. The van der Waals surface area contributed by atoms with E-state index in [1.165, 1.54) is 11.3 Å². The highest BCUT2D eigenvalue weighted by Gasteiger charge is 2.26. The van der Waals surface area contributed by atoms with Gasteiger partial charge in [-0.2, -0.15) is 5.10 Å². The Bertz CT molecular complexity index is 801. The number of nitrogens with zero attached hydrogens (tertiary/aromatic N) is 4. The molecule has 0 radical (unpaired) electrons. The van der Waals surface area contributed by atoms with Crippen molar-refractivity contribution in [2.75, 3.05) is 26.3 Å². The van der Waals surface area contributed by atoms with Gasteiger partial charge in [0.1, 0.15) is 0 Å². The monoisotopic (exact) mass is 387 g/mol. The van der Waals surface area contributed by atoms with E-state index in [0.29, 0.717) is 18.3 Å². The highest BCUT2D eigenvalue weighted by molar-refractivity contribution is 5.91. The number of likely N-dealkylation sites (tertiary alicyclic amines) is 1. The van der Waals surface area contributed by atoms with Gasteiger partial charge in [0.25, 0.3) is 5.91 Å². The Morgan fingerprint density at radius 3 is 2.82 bits per heavy atom. The number of aryl methyl sites for hydroxylation is 1. The molecule has 0 aliphatic carbocycles. The van der Waals surface area contributed by atoms with Crippen molar-refractivity contribution in [2.45, 2.75) is 51.1 Å². The third kappa shape index (κ3) is 4.28. The van der Waals surface area contributed by atoms with Gasteiger partial charge >= 0.3 is 0 Å². The normalized spacial score (nSPS) is 21.7. The van der Waals surface area contributed by atoms with Gasteiger partial charge in [0, 0.05) is 43.4 Å². The first kappa shape index (κ1) is 19.1. The number of carbonyl (C=O) groups is 1. The Labute approximate surface area is 165 Å². The van der Waals surface area contributed by atoms with Gasteiger partial charge in [-0.1, -0.05) is 5.16 Å². The van der Waals surface area contributed by atoms with E-state index in [2.05, 4.69) is 27.4 Å². The minimum absolute atomic E-state index is 0.0639. The summed E-state index contributed by atoms with van der Waals surface area (Å²) < 4.78 is 12.7. The van der Waals surface area contributed by atoms with Crippen LogP contribution in [0.25, 0.3) is 0 Å². The van der Waals surface area contributed by atoms with Crippen LogP contribution in [-0.4, -0.2) is 58.1 Å². The topological polar surface area (TPSA) is 85.4 Å². The molecular formula is C20H29N5O3. The average Bonchev–Trinajstić information content (AvgIpc) is 3.33. The number of amides is 1. The fraction of sp³-hybridized carbons (Fsp3) is 0.650. The molecule has 2 aliphatic rings. The predicted molar refractivity (Wildman–Crippen MR) is 103 cm³/mol. The maximum absolute atomic E-state index is 12.4. The fourth-order valence-electron chi connectivity index (χ4n) is 4.03. The second-order valence-corrected chi connectivity index (χ2v) is 7.93. The fourth-order valence-corrected chi connectivity index (χ4v) is 4.03. The van der Waals surface area contributed by atoms with E-state index in [4.69, 9.17) is 9.26 Å². The Kier molecular flexibility index (Phi) is 5.77. The van der Waals surface area contributed by atoms with Gasteiger partial charge in [-0.25, -0.2) is 0 Å². The van der Waals surface area contributed by atoms with Crippen LogP contribution >= 0.6 is 0 Å². The smallest absolute Gasteiger partial charge is 0.290 e. The highest BCUT2D eigenvalue weighted by Crippen LogP contribution is 2.28. The van der Waals surface area contributed by atoms with Gasteiger partial charge in [0.2, 0.25) is 5.76 Å². The molecule has 0 bridgehead atoms. The minimum Gasteiger partial charge on any atom is -0.379 e. The largest absolute Gasteiger partial charge is 0.379 e. The summed E-state index contributed by atoms with van der Waals surface area (Å²) in [5.41, 5.74) is 3.40. The van der Waals surface area contributed by atoms with Crippen LogP contribution < -0.4 is 5.32 Å². The second kappa shape index (κ2) is 8.45. The molecule has 8 nitrogen and oxygen atoms in total. The molecule has 2 fully saturated rings. The van der Waals surface area contributed by atoms with E-state index in [-0.39, 0.29) is 11.9 Å². The number of piperidine rings is 1. The number of nitrogens with one attached hydrogen (secondary N) is 1. The molecule has 0 aromatic carbocycles. The molecule has 152 valence electrons. The van der Waals surface area contributed by atoms with Crippen LogP contribution in [-0.2, 0) is 18.3 Å². The molecule has 28 heavy (non-hydrogen) atoms. The van der Waals surface area contributed by atoms with Crippen molar-refractivity contribution < 1.29 is 14.1 Å². The number of hydrogen-bond donors (Lipinski definition) is 1. The summed E-state index contributed by atoms with van der Waals surface area (Å²) in [6.45, 7) is 6.40. The van der Waals surface area contributed by atoms with Crippen molar-refractivity contribution in [3.05, 3.63) is 35.0 Å². The van der Waals surface area contributed by atoms with Gasteiger partial charge in [-0.3, -0.25) is 14.4 Å². The molecule has 0 saturated carbocycles. The summed E-state index contributed by atoms with van der Waals surface area (Å²) in [4.78, 5) is 14.8.